The summed E-state index contributed by atoms with van der Waals surface area (Å²) in [5, 5.41) is 6.62. The molecule has 0 fully saturated rings. The van der Waals surface area contributed by atoms with E-state index in [1.54, 1.807) is 33.7 Å². The topological polar surface area (TPSA) is 58.2 Å². The molecule has 0 heterocycles. The Bertz CT molecular complexity index is 710. The van der Waals surface area contributed by atoms with Gasteiger partial charge in [-0.25, -0.2) is 0 Å². The zero-order chi connectivity index (χ0) is 18.5. The van der Waals surface area contributed by atoms with Gasteiger partial charge in [-0.3, -0.25) is 9.59 Å². The first-order valence-electron chi connectivity index (χ1n) is 8.06. The summed E-state index contributed by atoms with van der Waals surface area (Å²) in [5.41, 5.74) is 2.06. The van der Waals surface area contributed by atoms with Gasteiger partial charge >= 0.3 is 0 Å². The van der Waals surface area contributed by atoms with Gasteiger partial charge in [0.25, 0.3) is 0 Å². The van der Waals surface area contributed by atoms with Crippen molar-refractivity contribution in [2.24, 2.45) is 0 Å². The maximum atomic E-state index is 10.3. The van der Waals surface area contributed by atoms with Crippen molar-refractivity contribution in [1.82, 2.24) is 0 Å². The normalized spacial score (nSPS) is 10.9. The summed E-state index contributed by atoms with van der Waals surface area (Å²) in [4.78, 5) is 22.9. The Morgan fingerprint density at radius 1 is 0.692 bits per heavy atom. The molecule has 26 heavy (non-hydrogen) atoms. The quantitative estimate of drug-likeness (QED) is 0.329. The molecule has 0 radical (unpaired) electrons. The molecule has 0 saturated heterocycles. The molecule has 0 saturated carbocycles. The van der Waals surface area contributed by atoms with Crippen LogP contribution in [0, 0.1) is 0 Å². The van der Waals surface area contributed by atoms with Crippen molar-refractivity contribution in [2.75, 3.05) is 23.7 Å². The van der Waals surface area contributed by atoms with Crippen LogP contribution in [0.15, 0.2) is 82.6 Å². The van der Waals surface area contributed by atoms with Crippen LogP contribution in [-0.2, 0) is 9.59 Å². The zero-order valence-electron chi connectivity index (χ0n) is 14.1. The van der Waals surface area contributed by atoms with Crippen molar-refractivity contribution >= 4 is 45.5 Å². The third-order valence-electron chi connectivity index (χ3n) is 3.25. The minimum atomic E-state index is 0.599. The van der Waals surface area contributed by atoms with Crippen LogP contribution in [0.4, 0.5) is 11.4 Å². The fraction of sp³-hybridized carbons (Fsp3) is 0.100. The number of para-hydroxylation sites is 2. The molecule has 0 amide bonds. The molecule has 0 bridgehead atoms. The van der Waals surface area contributed by atoms with Gasteiger partial charge in [0.2, 0.25) is 0 Å². The third kappa shape index (κ3) is 6.82. The summed E-state index contributed by atoms with van der Waals surface area (Å²) < 4.78 is 0. The van der Waals surface area contributed by atoms with E-state index in [2.05, 4.69) is 22.8 Å². The van der Waals surface area contributed by atoms with Gasteiger partial charge in [-0.15, -0.1) is 0 Å². The molecule has 0 aliphatic carbocycles. The average molecular weight is 385 g/mol. The summed E-state index contributed by atoms with van der Waals surface area (Å²) >= 11 is 0. The van der Waals surface area contributed by atoms with Crippen LogP contribution in [0.2, 0.25) is 0 Å². The smallest absolute Gasteiger partial charge is 0.142 e. The van der Waals surface area contributed by atoms with Gasteiger partial charge in [0, 0.05) is 34.3 Å². The van der Waals surface area contributed by atoms with E-state index in [-0.39, 0.29) is 0 Å². The summed E-state index contributed by atoms with van der Waals surface area (Å²) in [6, 6.07) is 16.1. The largest absolute Gasteiger partial charge is 0.381 e. The van der Waals surface area contributed by atoms with E-state index >= 15 is 0 Å². The number of aldehydes is 2. The predicted octanol–water partition coefficient (Wildman–Crippen LogP) is 4.82. The second-order valence-corrected chi connectivity index (χ2v) is 7.26. The number of hydrogen-bond donors (Lipinski definition) is 2. The zero-order valence-corrected chi connectivity index (χ0v) is 15.8. The molecule has 2 N–H and O–H groups in total. The minimum Gasteiger partial charge on any atom is -0.381 e. The highest BCUT2D eigenvalue weighted by atomic mass is 33.1. The highest BCUT2D eigenvalue weighted by Crippen LogP contribution is 2.43. The predicted molar refractivity (Wildman–Crippen MR) is 112 cm³/mol. The van der Waals surface area contributed by atoms with Crippen molar-refractivity contribution in [2.45, 2.75) is 9.79 Å². The summed E-state index contributed by atoms with van der Waals surface area (Å²) in [5.74, 6) is 0. The highest BCUT2D eigenvalue weighted by Gasteiger charge is 2.06. The molecule has 0 aliphatic heterocycles. The van der Waals surface area contributed by atoms with E-state index in [0.717, 1.165) is 33.7 Å². The van der Waals surface area contributed by atoms with Crippen molar-refractivity contribution in [3.63, 3.8) is 0 Å². The van der Waals surface area contributed by atoms with Crippen LogP contribution in [0.5, 0.6) is 0 Å². The maximum Gasteiger partial charge on any atom is 0.142 e. The van der Waals surface area contributed by atoms with E-state index in [1.165, 1.54) is 12.2 Å². The van der Waals surface area contributed by atoms with Crippen LogP contribution in [0.25, 0.3) is 0 Å². The van der Waals surface area contributed by atoms with Gasteiger partial charge < -0.3 is 10.6 Å². The van der Waals surface area contributed by atoms with Gasteiger partial charge in [0.1, 0.15) is 12.6 Å². The lowest BCUT2D eigenvalue weighted by molar-refractivity contribution is -0.104. The van der Waals surface area contributed by atoms with E-state index in [4.69, 9.17) is 0 Å². The average Bonchev–Trinajstić information content (AvgIpc) is 2.68. The summed E-state index contributed by atoms with van der Waals surface area (Å²) in [6.07, 6.45) is 8.08. The van der Waals surface area contributed by atoms with Gasteiger partial charge in [-0.05, 0) is 36.4 Å². The van der Waals surface area contributed by atoms with Crippen LogP contribution in [0.3, 0.4) is 0 Å². The van der Waals surface area contributed by atoms with Gasteiger partial charge in [0.05, 0.1) is 0 Å². The number of carbonyl (C=O) groups is 2. The van der Waals surface area contributed by atoms with Crippen LogP contribution >= 0.6 is 21.6 Å². The van der Waals surface area contributed by atoms with Crippen LogP contribution < -0.4 is 10.6 Å². The molecule has 0 spiro atoms. The maximum absolute atomic E-state index is 10.3. The van der Waals surface area contributed by atoms with E-state index in [1.807, 2.05) is 36.4 Å². The van der Waals surface area contributed by atoms with Crippen LogP contribution in [0.1, 0.15) is 0 Å². The Balaban J connectivity index is 2.00. The van der Waals surface area contributed by atoms with Crippen molar-refractivity contribution in [1.29, 1.82) is 0 Å². The van der Waals surface area contributed by atoms with E-state index in [0.29, 0.717) is 13.1 Å². The second kappa shape index (κ2) is 12.0. The Morgan fingerprint density at radius 2 is 1.12 bits per heavy atom. The lowest BCUT2D eigenvalue weighted by Gasteiger charge is -2.12. The molecule has 2 rings (SSSR count). The summed E-state index contributed by atoms with van der Waals surface area (Å²) in [6.45, 7) is 1.20. The number of hydrogen-bond acceptors (Lipinski definition) is 6. The van der Waals surface area contributed by atoms with Crippen molar-refractivity contribution in [3.05, 3.63) is 72.8 Å². The number of nitrogens with one attached hydrogen (secondary N) is 2. The molecule has 134 valence electrons. The summed E-state index contributed by atoms with van der Waals surface area (Å²) in [7, 11) is 3.34. The fourth-order valence-electron chi connectivity index (χ4n) is 2.05. The fourth-order valence-corrected chi connectivity index (χ4v) is 4.36. The molecule has 0 atom stereocenters. The Labute approximate surface area is 161 Å². The first-order valence-corrected chi connectivity index (χ1v) is 10.2. The van der Waals surface area contributed by atoms with Gasteiger partial charge in [0.15, 0.2) is 0 Å². The molecular weight excluding hydrogens is 364 g/mol. The Kier molecular flexibility index (Phi) is 9.18. The lowest BCUT2D eigenvalue weighted by atomic mass is 10.3. The highest BCUT2D eigenvalue weighted by molar-refractivity contribution is 8.76. The van der Waals surface area contributed by atoms with Crippen molar-refractivity contribution < 1.29 is 9.59 Å². The molecule has 2 aromatic rings. The molecule has 0 aliphatic rings. The van der Waals surface area contributed by atoms with Crippen LogP contribution in [-0.4, -0.2) is 25.7 Å². The first-order chi connectivity index (χ1) is 12.8. The Hall–Kier alpha value is -2.44. The molecule has 0 aromatic heterocycles. The number of benzene rings is 2. The van der Waals surface area contributed by atoms with E-state index in [9.17, 15) is 9.59 Å². The second-order valence-electron chi connectivity index (χ2n) is 5.05. The standard InChI is InChI=1S/C20H20N2O2S2/c23-15-7-5-13-21-17-9-1-3-11-19(17)25-26-20-12-4-2-10-18(20)22-14-6-8-16-24/h1-12,15-16,21-22H,13-14H2. The first kappa shape index (κ1) is 19.9. The SMILES string of the molecule is O=CC=CCNc1ccccc1SSc1ccccc1NCC=CC=O. The monoisotopic (exact) mass is 384 g/mol. The van der Waals surface area contributed by atoms with Gasteiger partial charge in [-0.2, -0.15) is 0 Å². The van der Waals surface area contributed by atoms with E-state index < -0.39 is 0 Å². The van der Waals surface area contributed by atoms with Gasteiger partial charge in [-0.1, -0.05) is 58.0 Å². The number of allylic oxidation sites excluding steroid dienone is 2. The molecular formula is C20H20N2O2S2. The molecule has 6 heteroatoms. The Morgan fingerprint density at radius 3 is 1.54 bits per heavy atom. The number of carbonyl (C=O) groups excluding carboxylic acids is 2. The number of rotatable bonds is 11. The minimum absolute atomic E-state index is 0.599. The number of anilines is 2. The molecule has 0 unspecified atom stereocenters. The molecule has 4 nitrogen and oxygen atoms in total. The lowest BCUT2D eigenvalue weighted by Crippen LogP contribution is -2.00. The van der Waals surface area contributed by atoms with Crippen molar-refractivity contribution in [3.8, 4) is 0 Å². The molecule has 2 aromatic carbocycles. The third-order valence-corrected chi connectivity index (χ3v) is 5.73.